The first-order valence-electron chi connectivity index (χ1n) is 23.0. The topological polar surface area (TPSA) is 0 Å². The molecule has 6 aromatic carbocycles. The van der Waals surface area contributed by atoms with Crippen molar-refractivity contribution in [1.82, 2.24) is 0 Å². The number of hydrogen-bond donors (Lipinski definition) is 0. The molecular weight excluding hydrogens is 887 g/mol. The van der Waals surface area contributed by atoms with Gasteiger partial charge >= 0.3 is 386 Å². The number of rotatable bonds is 9. The monoisotopic (exact) mass is 947 g/mol. The summed E-state index contributed by atoms with van der Waals surface area (Å²) in [6.07, 6.45) is 7.03. The number of fused-ring (bicyclic) bond motifs is 5. The van der Waals surface area contributed by atoms with Gasteiger partial charge in [0.1, 0.15) is 0 Å². The van der Waals surface area contributed by atoms with Gasteiger partial charge in [0.2, 0.25) is 0 Å². The summed E-state index contributed by atoms with van der Waals surface area (Å²) in [5.41, 5.74) is 18.6. The van der Waals surface area contributed by atoms with E-state index in [0.717, 1.165) is 12.8 Å². The number of benzene rings is 6. The van der Waals surface area contributed by atoms with Crippen LogP contribution in [0.25, 0.3) is 45.5 Å². The Kier molecular flexibility index (Phi) is 11.2. The molecule has 2 aliphatic carbocycles. The normalized spacial score (nSPS) is 18.0. The van der Waals surface area contributed by atoms with Gasteiger partial charge in [0.15, 0.2) is 0 Å². The first kappa shape index (κ1) is 43.7. The average molecular weight is 950 g/mol. The van der Waals surface area contributed by atoms with Gasteiger partial charge in [-0.3, -0.25) is 0 Å². The quantitative estimate of drug-likeness (QED) is 0.127. The predicted octanol–water partition coefficient (Wildman–Crippen LogP) is 14.7. The molecule has 1 aliphatic heterocycles. The maximum atomic E-state index is 9.54. The van der Waals surface area contributed by atoms with E-state index in [1.165, 1.54) is 91.6 Å². The molecule has 6 aromatic rings. The van der Waals surface area contributed by atoms with E-state index in [1.54, 1.807) is 0 Å². The predicted molar refractivity (Wildman–Crippen MR) is 273 cm³/mol. The molecule has 2 atom stereocenters. The number of halogens is 2. The summed E-state index contributed by atoms with van der Waals surface area (Å²) in [5, 5.41) is 2.97. The zero-order valence-electron chi connectivity index (χ0n) is 38.5. The Labute approximate surface area is 383 Å². The Morgan fingerprint density at radius 2 is 0.952 bits per heavy atom. The summed E-state index contributed by atoms with van der Waals surface area (Å²) in [4.78, 5) is 0. The zero-order chi connectivity index (χ0) is 44.0. The maximum absolute atomic E-state index is 9.54. The molecule has 0 saturated heterocycles. The minimum absolute atomic E-state index is 0.0713. The Hall–Kier alpha value is -3.52. The van der Waals surface area contributed by atoms with Gasteiger partial charge in [-0.15, -0.1) is 0 Å². The molecule has 0 N–H and O–H groups in total. The molecule has 0 saturated carbocycles. The van der Waals surface area contributed by atoms with E-state index in [-0.39, 0.29) is 18.1 Å². The fraction of sp³-hybridized carbons (Fsp3) is 0.310. The van der Waals surface area contributed by atoms with Gasteiger partial charge in [0.05, 0.1) is 0 Å². The summed E-state index contributed by atoms with van der Waals surface area (Å²) < 4.78 is 1.07. The molecule has 62 heavy (non-hydrogen) atoms. The van der Waals surface area contributed by atoms with Crippen molar-refractivity contribution in [2.24, 2.45) is 11.8 Å². The summed E-state index contributed by atoms with van der Waals surface area (Å²) in [6.45, 7) is 23.6. The van der Waals surface area contributed by atoms with E-state index in [9.17, 15) is 17.0 Å². The van der Waals surface area contributed by atoms with Crippen LogP contribution in [0, 0.1) is 11.8 Å². The van der Waals surface area contributed by atoms with E-state index in [2.05, 4.69) is 209 Å². The van der Waals surface area contributed by atoms with Gasteiger partial charge in [0, 0.05) is 0 Å². The fourth-order valence-electron chi connectivity index (χ4n) is 11.7. The molecule has 9 rings (SSSR count). The molecule has 0 radical (unpaired) electrons. The molecule has 0 aromatic heterocycles. The van der Waals surface area contributed by atoms with Crippen LogP contribution in [0.15, 0.2) is 139 Å². The number of hydrogen-bond acceptors (Lipinski definition) is 0. The van der Waals surface area contributed by atoms with Crippen molar-refractivity contribution in [3.8, 4) is 33.4 Å². The van der Waals surface area contributed by atoms with Crippen LogP contribution in [0.2, 0.25) is 0 Å². The molecular formula is C58H63Cl2SiZr. The van der Waals surface area contributed by atoms with Gasteiger partial charge in [-0.1, -0.05) is 0 Å². The van der Waals surface area contributed by atoms with Crippen molar-refractivity contribution in [2.45, 2.75) is 100 Å². The van der Waals surface area contributed by atoms with Crippen molar-refractivity contribution >= 4 is 52.3 Å². The third-order valence-electron chi connectivity index (χ3n) is 14.0. The SMILES string of the molecule is CC(C)CC1=Cc2c(ccc(C(C)(C)C)c2-c2ccccc2)[CH]1[Zr]([Cl])([Cl])([c]1cccc2c1[SiH2]c1ccccc1-2)[CH]1C(CC(C)C)=Cc2c1ccc(C(C)(C)C)c2-c1ccccc1. The molecule has 3 aliphatic rings. The van der Waals surface area contributed by atoms with Crippen LogP contribution in [0.5, 0.6) is 0 Å². The van der Waals surface area contributed by atoms with E-state index in [1.807, 2.05) is 0 Å². The minimum atomic E-state index is -5.76. The van der Waals surface area contributed by atoms with Gasteiger partial charge in [-0.05, 0) is 0 Å². The molecule has 317 valence electrons. The van der Waals surface area contributed by atoms with E-state index in [0.29, 0.717) is 11.8 Å². The van der Waals surface area contributed by atoms with Gasteiger partial charge in [-0.2, -0.15) is 0 Å². The molecule has 0 amide bonds. The van der Waals surface area contributed by atoms with Crippen molar-refractivity contribution in [1.29, 1.82) is 0 Å². The molecule has 4 heteroatoms. The van der Waals surface area contributed by atoms with Crippen LogP contribution in [-0.2, 0) is 27.2 Å². The first-order valence-corrected chi connectivity index (χ1v) is 34.8. The Morgan fingerprint density at radius 3 is 1.40 bits per heavy atom. The van der Waals surface area contributed by atoms with Crippen LogP contribution in [0.4, 0.5) is 0 Å². The third kappa shape index (κ3) is 7.19. The second kappa shape index (κ2) is 15.9. The first-order chi connectivity index (χ1) is 29.4. The van der Waals surface area contributed by atoms with Crippen molar-refractivity contribution in [3.05, 3.63) is 172 Å². The van der Waals surface area contributed by atoms with E-state index in [4.69, 9.17) is 0 Å². The van der Waals surface area contributed by atoms with E-state index < -0.39 is 25.9 Å². The molecule has 0 nitrogen and oxygen atoms in total. The second-order valence-corrected chi connectivity index (χ2v) is 44.0. The molecule has 0 bridgehead atoms. The van der Waals surface area contributed by atoms with Gasteiger partial charge in [-0.25, -0.2) is 0 Å². The van der Waals surface area contributed by atoms with Crippen molar-refractivity contribution in [2.75, 3.05) is 0 Å². The van der Waals surface area contributed by atoms with Gasteiger partial charge in [0.25, 0.3) is 0 Å². The fourth-order valence-corrected chi connectivity index (χ4v) is 39.6. The van der Waals surface area contributed by atoms with Crippen LogP contribution < -0.4 is 13.6 Å². The van der Waals surface area contributed by atoms with Crippen LogP contribution in [0.3, 0.4) is 0 Å². The van der Waals surface area contributed by atoms with E-state index >= 15 is 0 Å². The zero-order valence-corrected chi connectivity index (χ0v) is 43.8. The molecule has 2 unspecified atom stereocenters. The second-order valence-electron chi connectivity index (χ2n) is 21.5. The Morgan fingerprint density at radius 1 is 0.516 bits per heavy atom. The Bertz CT molecular complexity index is 2640. The van der Waals surface area contributed by atoms with Crippen molar-refractivity contribution < 1.29 is 16.4 Å². The summed E-state index contributed by atoms with van der Waals surface area (Å²) in [6, 6.07) is 48.1. The molecule has 0 spiro atoms. The van der Waals surface area contributed by atoms with Crippen LogP contribution in [-0.4, -0.2) is 9.52 Å². The Balaban J connectivity index is 1.43. The summed E-state index contributed by atoms with van der Waals surface area (Å²) >= 11 is -5.76. The standard InChI is InChI=1S/2C23H27.C12H9Si.2ClH.Zr/c2*1-16(2)13-17-14-19-11-12-21(23(3,4)5)22(20(19)15-17)18-9-7-6-8-10-18;1-3-7-11-9(5-1)10-6-2-4-8-12(10)13-11;;;/h2*6-12,14-16H,13H2,1-5H3;1-7H,13H2;2*1H;/q;;;;;+2/p-2. The van der Waals surface area contributed by atoms with Crippen molar-refractivity contribution in [3.63, 3.8) is 0 Å². The summed E-state index contributed by atoms with van der Waals surface area (Å²) in [7, 11) is 18.2. The summed E-state index contributed by atoms with van der Waals surface area (Å²) in [5.74, 6) is 0.849. The average Bonchev–Trinajstić information content (AvgIpc) is 3.91. The number of allylic oxidation sites excluding steroid dienone is 2. The van der Waals surface area contributed by atoms with Crippen LogP contribution in [0.1, 0.15) is 123 Å². The van der Waals surface area contributed by atoms with Crippen LogP contribution >= 0.6 is 17.0 Å². The third-order valence-corrected chi connectivity index (χ3v) is 36.8. The molecule has 1 heterocycles. The molecule has 0 fully saturated rings. The van der Waals surface area contributed by atoms with Gasteiger partial charge < -0.3 is 0 Å².